The van der Waals surface area contributed by atoms with E-state index in [2.05, 4.69) is 5.32 Å². The molecule has 0 radical (unpaired) electrons. The standard InChI is InChI=1S/C14H19NO4/c1-9(8-13(16)15-10(2)14(17)18)11-4-6-12(19-3)7-5-11/h4-7,9-10H,8H2,1-3H3,(H,15,16)(H,17,18)/t9?,10-/m1/s1. The quantitative estimate of drug-likeness (QED) is 0.822. The van der Waals surface area contributed by atoms with Gasteiger partial charge in [0, 0.05) is 6.42 Å². The summed E-state index contributed by atoms with van der Waals surface area (Å²) in [5, 5.41) is 11.2. The predicted molar refractivity (Wildman–Crippen MR) is 71.3 cm³/mol. The fourth-order valence-electron chi connectivity index (χ4n) is 1.69. The van der Waals surface area contributed by atoms with Crippen LogP contribution in [0.4, 0.5) is 0 Å². The number of aliphatic carboxylic acids is 1. The van der Waals surface area contributed by atoms with Crippen molar-refractivity contribution in [3.05, 3.63) is 29.8 Å². The Labute approximate surface area is 112 Å². The summed E-state index contributed by atoms with van der Waals surface area (Å²) in [5.74, 6) is -0.518. The first kappa shape index (κ1) is 15.0. The molecule has 1 amide bonds. The van der Waals surface area contributed by atoms with Crippen LogP contribution in [0.2, 0.25) is 0 Å². The molecule has 0 saturated carbocycles. The topological polar surface area (TPSA) is 75.6 Å². The molecule has 0 aliphatic heterocycles. The fraction of sp³-hybridized carbons (Fsp3) is 0.429. The van der Waals surface area contributed by atoms with E-state index in [0.717, 1.165) is 11.3 Å². The first-order chi connectivity index (χ1) is 8.93. The number of ether oxygens (including phenoxy) is 1. The van der Waals surface area contributed by atoms with Crippen LogP contribution < -0.4 is 10.1 Å². The molecular formula is C14H19NO4. The Kier molecular flexibility index (Phi) is 5.36. The third-order valence-electron chi connectivity index (χ3n) is 2.92. The number of carboxylic acid groups (broad SMARTS) is 1. The zero-order valence-corrected chi connectivity index (χ0v) is 11.3. The van der Waals surface area contributed by atoms with Crippen molar-refractivity contribution in [2.75, 3.05) is 7.11 Å². The second kappa shape index (κ2) is 6.78. The molecule has 0 bridgehead atoms. The van der Waals surface area contributed by atoms with E-state index in [0.29, 0.717) is 0 Å². The summed E-state index contributed by atoms with van der Waals surface area (Å²) >= 11 is 0. The van der Waals surface area contributed by atoms with Gasteiger partial charge in [-0.15, -0.1) is 0 Å². The molecule has 1 unspecified atom stereocenters. The molecule has 5 nitrogen and oxygen atoms in total. The van der Waals surface area contributed by atoms with E-state index in [1.54, 1.807) is 7.11 Å². The minimum atomic E-state index is -1.04. The highest BCUT2D eigenvalue weighted by molar-refractivity contribution is 5.83. The summed E-state index contributed by atoms with van der Waals surface area (Å²) in [5.41, 5.74) is 1.01. The molecule has 0 aliphatic rings. The van der Waals surface area contributed by atoms with E-state index >= 15 is 0 Å². The number of carbonyl (C=O) groups is 2. The summed E-state index contributed by atoms with van der Waals surface area (Å²) in [6.45, 7) is 3.37. The number of methoxy groups -OCH3 is 1. The van der Waals surface area contributed by atoms with Gasteiger partial charge in [-0.2, -0.15) is 0 Å². The second-order valence-corrected chi connectivity index (χ2v) is 4.51. The maximum atomic E-state index is 11.7. The molecule has 1 aromatic rings. The Morgan fingerprint density at radius 1 is 1.26 bits per heavy atom. The Bertz CT molecular complexity index is 441. The molecule has 2 N–H and O–H groups in total. The van der Waals surface area contributed by atoms with Gasteiger partial charge in [-0.05, 0) is 30.5 Å². The van der Waals surface area contributed by atoms with Crippen LogP contribution in [-0.2, 0) is 9.59 Å². The lowest BCUT2D eigenvalue weighted by atomic mass is 9.97. The molecule has 0 aliphatic carbocycles. The average molecular weight is 265 g/mol. The van der Waals surface area contributed by atoms with Gasteiger partial charge in [0.05, 0.1) is 7.11 Å². The molecule has 0 fully saturated rings. The molecule has 1 rings (SSSR count). The third-order valence-corrected chi connectivity index (χ3v) is 2.92. The van der Waals surface area contributed by atoms with Crippen molar-refractivity contribution >= 4 is 11.9 Å². The zero-order chi connectivity index (χ0) is 14.4. The van der Waals surface area contributed by atoms with E-state index < -0.39 is 12.0 Å². The number of hydrogen-bond acceptors (Lipinski definition) is 3. The maximum Gasteiger partial charge on any atom is 0.325 e. The van der Waals surface area contributed by atoms with Crippen molar-refractivity contribution in [2.24, 2.45) is 0 Å². The van der Waals surface area contributed by atoms with Crippen LogP contribution in [0.15, 0.2) is 24.3 Å². The summed E-state index contributed by atoms with van der Waals surface area (Å²) in [4.78, 5) is 22.3. The van der Waals surface area contributed by atoms with E-state index in [9.17, 15) is 9.59 Å². The number of carboxylic acids is 1. The summed E-state index contributed by atoms with van der Waals surface area (Å²) in [6, 6.07) is 6.61. The van der Waals surface area contributed by atoms with E-state index in [-0.39, 0.29) is 18.2 Å². The highest BCUT2D eigenvalue weighted by Crippen LogP contribution is 2.21. The monoisotopic (exact) mass is 265 g/mol. The van der Waals surface area contributed by atoms with Crippen LogP contribution in [0.3, 0.4) is 0 Å². The van der Waals surface area contributed by atoms with Gasteiger partial charge in [-0.1, -0.05) is 19.1 Å². The summed E-state index contributed by atoms with van der Waals surface area (Å²) in [6.07, 6.45) is 0.254. The molecule has 0 heterocycles. The zero-order valence-electron chi connectivity index (χ0n) is 11.3. The number of nitrogens with one attached hydrogen (secondary N) is 1. The number of hydrogen-bond donors (Lipinski definition) is 2. The second-order valence-electron chi connectivity index (χ2n) is 4.51. The maximum absolute atomic E-state index is 11.7. The van der Waals surface area contributed by atoms with Crippen molar-refractivity contribution in [3.63, 3.8) is 0 Å². The molecule has 5 heteroatoms. The van der Waals surface area contributed by atoms with Crippen LogP contribution in [-0.4, -0.2) is 30.1 Å². The van der Waals surface area contributed by atoms with Gasteiger partial charge in [0.1, 0.15) is 11.8 Å². The van der Waals surface area contributed by atoms with Crippen LogP contribution >= 0.6 is 0 Å². The van der Waals surface area contributed by atoms with Crippen molar-refractivity contribution in [3.8, 4) is 5.75 Å². The van der Waals surface area contributed by atoms with Crippen LogP contribution in [0, 0.1) is 0 Å². The molecule has 0 saturated heterocycles. The first-order valence-corrected chi connectivity index (χ1v) is 6.10. The minimum absolute atomic E-state index is 0.0203. The van der Waals surface area contributed by atoms with Gasteiger partial charge >= 0.3 is 5.97 Å². The van der Waals surface area contributed by atoms with Crippen molar-refractivity contribution < 1.29 is 19.4 Å². The summed E-state index contributed by atoms with van der Waals surface area (Å²) in [7, 11) is 1.60. The molecule has 2 atom stereocenters. The van der Waals surface area contributed by atoms with Gasteiger partial charge in [0.15, 0.2) is 0 Å². The minimum Gasteiger partial charge on any atom is -0.497 e. The molecule has 0 spiro atoms. The Morgan fingerprint density at radius 3 is 2.32 bits per heavy atom. The fourth-order valence-corrected chi connectivity index (χ4v) is 1.69. The lowest BCUT2D eigenvalue weighted by Gasteiger charge is -2.14. The van der Waals surface area contributed by atoms with Crippen molar-refractivity contribution in [1.82, 2.24) is 5.32 Å². The normalized spacial score (nSPS) is 13.4. The van der Waals surface area contributed by atoms with Gasteiger partial charge in [-0.3, -0.25) is 9.59 Å². The molecular weight excluding hydrogens is 246 g/mol. The van der Waals surface area contributed by atoms with Crippen molar-refractivity contribution in [2.45, 2.75) is 32.2 Å². The Hall–Kier alpha value is -2.04. The number of benzene rings is 1. The average Bonchev–Trinajstić information content (AvgIpc) is 2.38. The number of rotatable bonds is 6. The van der Waals surface area contributed by atoms with E-state index in [1.165, 1.54) is 6.92 Å². The van der Waals surface area contributed by atoms with Crippen molar-refractivity contribution in [1.29, 1.82) is 0 Å². The molecule has 1 aromatic carbocycles. The van der Waals surface area contributed by atoms with Gasteiger partial charge < -0.3 is 15.2 Å². The molecule has 104 valence electrons. The van der Waals surface area contributed by atoms with Gasteiger partial charge in [0.2, 0.25) is 5.91 Å². The van der Waals surface area contributed by atoms with Gasteiger partial charge in [-0.25, -0.2) is 0 Å². The SMILES string of the molecule is COc1ccc(C(C)CC(=O)N[C@H](C)C(=O)O)cc1. The van der Waals surface area contributed by atoms with E-state index in [4.69, 9.17) is 9.84 Å². The largest absolute Gasteiger partial charge is 0.497 e. The first-order valence-electron chi connectivity index (χ1n) is 6.10. The smallest absolute Gasteiger partial charge is 0.325 e. The third kappa shape index (κ3) is 4.62. The Morgan fingerprint density at radius 2 is 1.84 bits per heavy atom. The van der Waals surface area contributed by atoms with E-state index in [1.807, 2.05) is 31.2 Å². The van der Waals surface area contributed by atoms with Crippen LogP contribution in [0.1, 0.15) is 31.7 Å². The predicted octanol–water partition coefficient (Wildman–Crippen LogP) is 1.78. The number of carbonyl (C=O) groups excluding carboxylic acids is 1. The van der Waals surface area contributed by atoms with Crippen LogP contribution in [0.5, 0.6) is 5.75 Å². The number of amides is 1. The summed E-state index contributed by atoms with van der Waals surface area (Å²) < 4.78 is 5.06. The van der Waals surface area contributed by atoms with Gasteiger partial charge in [0.25, 0.3) is 0 Å². The highest BCUT2D eigenvalue weighted by Gasteiger charge is 2.16. The molecule has 19 heavy (non-hydrogen) atoms. The van der Waals surface area contributed by atoms with Crippen LogP contribution in [0.25, 0.3) is 0 Å². The lowest BCUT2D eigenvalue weighted by molar-refractivity contribution is -0.141. The Balaban J connectivity index is 2.56. The highest BCUT2D eigenvalue weighted by atomic mass is 16.5. The lowest BCUT2D eigenvalue weighted by Crippen LogP contribution is -2.38. The molecule has 0 aromatic heterocycles.